The summed E-state index contributed by atoms with van der Waals surface area (Å²) in [6.07, 6.45) is 6.88. The van der Waals surface area contributed by atoms with Crippen molar-refractivity contribution < 1.29 is 0 Å². The second-order valence-electron chi connectivity index (χ2n) is 5.73. The summed E-state index contributed by atoms with van der Waals surface area (Å²) in [4.78, 5) is 7.30. The SMILES string of the molecule is Cc1ccc(CN)c(N2CCC3CCCCC32)n1. The highest BCUT2D eigenvalue weighted by molar-refractivity contribution is 5.50. The summed E-state index contributed by atoms with van der Waals surface area (Å²) < 4.78 is 0. The number of rotatable bonds is 2. The summed E-state index contributed by atoms with van der Waals surface area (Å²) in [5.74, 6) is 2.05. The number of anilines is 1. The lowest BCUT2D eigenvalue weighted by molar-refractivity contribution is 0.341. The van der Waals surface area contributed by atoms with Crippen molar-refractivity contribution in [3.8, 4) is 0 Å². The van der Waals surface area contributed by atoms with Crippen LogP contribution in [0.2, 0.25) is 0 Å². The van der Waals surface area contributed by atoms with Gasteiger partial charge in [-0.2, -0.15) is 0 Å². The van der Waals surface area contributed by atoms with Crippen molar-refractivity contribution in [2.24, 2.45) is 11.7 Å². The van der Waals surface area contributed by atoms with E-state index in [2.05, 4.69) is 24.0 Å². The molecule has 2 aliphatic rings. The fourth-order valence-electron chi connectivity index (χ4n) is 3.65. The molecule has 2 unspecified atom stereocenters. The molecular weight excluding hydrogens is 222 g/mol. The zero-order valence-corrected chi connectivity index (χ0v) is 11.2. The summed E-state index contributed by atoms with van der Waals surface area (Å²) in [5.41, 5.74) is 8.17. The Morgan fingerprint density at radius 3 is 2.94 bits per heavy atom. The van der Waals surface area contributed by atoms with Gasteiger partial charge in [0.1, 0.15) is 5.82 Å². The molecule has 2 N–H and O–H groups in total. The molecule has 18 heavy (non-hydrogen) atoms. The summed E-state index contributed by atoms with van der Waals surface area (Å²) >= 11 is 0. The number of nitrogens with zero attached hydrogens (tertiary/aromatic N) is 2. The summed E-state index contributed by atoms with van der Waals surface area (Å²) in [6.45, 7) is 3.83. The smallest absolute Gasteiger partial charge is 0.133 e. The predicted octanol–water partition coefficient (Wildman–Crippen LogP) is 2.62. The Kier molecular flexibility index (Phi) is 3.25. The lowest BCUT2D eigenvalue weighted by Crippen LogP contribution is -2.36. The topological polar surface area (TPSA) is 42.1 Å². The molecule has 0 amide bonds. The minimum Gasteiger partial charge on any atom is -0.353 e. The fraction of sp³-hybridized carbons (Fsp3) is 0.667. The number of aromatic nitrogens is 1. The minimum absolute atomic E-state index is 0.594. The van der Waals surface area contributed by atoms with Gasteiger partial charge in [-0.25, -0.2) is 4.98 Å². The summed E-state index contributed by atoms with van der Waals surface area (Å²) in [6, 6.07) is 4.94. The summed E-state index contributed by atoms with van der Waals surface area (Å²) in [7, 11) is 0. The van der Waals surface area contributed by atoms with E-state index in [9.17, 15) is 0 Å². The van der Waals surface area contributed by atoms with Gasteiger partial charge in [-0.3, -0.25) is 0 Å². The Labute approximate surface area is 109 Å². The molecule has 0 aromatic carbocycles. The molecule has 3 rings (SSSR count). The van der Waals surface area contributed by atoms with Crippen LogP contribution in [0.4, 0.5) is 5.82 Å². The lowest BCUT2D eigenvalue weighted by Gasteiger charge is -2.33. The zero-order chi connectivity index (χ0) is 12.5. The Balaban J connectivity index is 1.92. The monoisotopic (exact) mass is 245 g/mol. The highest BCUT2D eigenvalue weighted by Crippen LogP contribution is 2.39. The van der Waals surface area contributed by atoms with Gasteiger partial charge in [0, 0.05) is 30.4 Å². The van der Waals surface area contributed by atoms with Crippen LogP contribution in [0.1, 0.15) is 43.4 Å². The van der Waals surface area contributed by atoms with E-state index >= 15 is 0 Å². The molecule has 1 aromatic heterocycles. The van der Waals surface area contributed by atoms with E-state index in [0.717, 1.165) is 23.5 Å². The quantitative estimate of drug-likeness (QED) is 0.871. The van der Waals surface area contributed by atoms with Crippen molar-refractivity contribution in [2.75, 3.05) is 11.4 Å². The van der Waals surface area contributed by atoms with E-state index in [-0.39, 0.29) is 0 Å². The van der Waals surface area contributed by atoms with Crippen LogP contribution in [0.15, 0.2) is 12.1 Å². The molecule has 2 fully saturated rings. The van der Waals surface area contributed by atoms with E-state index in [1.807, 2.05) is 0 Å². The van der Waals surface area contributed by atoms with E-state index in [1.54, 1.807) is 0 Å². The van der Waals surface area contributed by atoms with Crippen LogP contribution < -0.4 is 10.6 Å². The molecule has 2 heterocycles. The van der Waals surface area contributed by atoms with E-state index in [0.29, 0.717) is 6.54 Å². The van der Waals surface area contributed by atoms with Crippen LogP contribution in [0.5, 0.6) is 0 Å². The number of aryl methyl sites for hydroxylation is 1. The fourth-order valence-corrected chi connectivity index (χ4v) is 3.65. The highest BCUT2D eigenvalue weighted by atomic mass is 15.2. The third-order valence-corrected chi connectivity index (χ3v) is 4.60. The Morgan fingerprint density at radius 2 is 2.11 bits per heavy atom. The first-order valence-corrected chi connectivity index (χ1v) is 7.23. The van der Waals surface area contributed by atoms with Crippen LogP contribution in [-0.4, -0.2) is 17.6 Å². The van der Waals surface area contributed by atoms with Crippen LogP contribution in [-0.2, 0) is 6.54 Å². The number of pyridine rings is 1. The van der Waals surface area contributed by atoms with Gasteiger partial charge in [0.15, 0.2) is 0 Å². The maximum Gasteiger partial charge on any atom is 0.133 e. The third kappa shape index (κ3) is 2.01. The van der Waals surface area contributed by atoms with Gasteiger partial charge in [-0.15, -0.1) is 0 Å². The number of nitrogens with two attached hydrogens (primary N) is 1. The van der Waals surface area contributed by atoms with Crippen molar-refractivity contribution in [1.29, 1.82) is 0 Å². The van der Waals surface area contributed by atoms with E-state index in [4.69, 9.17) is 10.7 Å². The first kappa shape index (κ1) is 12.0. The molecule has 1 aliphatic heterocycles. The Bertz CT molecular complexity index is 430. The maximum atomic E-state index is 5.87. The van der Waals surface area contributed by atoms with Gasteiger partial charge < -0.3 is 10.6 Å². The Morgan fingerprint density at radius 1 is 1.28 bits per heavy atom. The molecule has 1 aliphatic carbocycles. The maximum absolute atomic E-state index is 5.87. The van der Waals surface area contributed by atoms with Crippen LogP contribution in [0.3, 0.4) is 0 Å². The van der Waals surface area contributed by atoms with Gasteiger partial charge in [-0.05, 0) is 38.2 Å². The number of fused-ring (bicyclic) bond motifs is 1. The Hall–Kier alpha value is -1.09. The standard InChI is InChI=1S/C15H23N3/c1-11-6-7-13(10-16)15(17-11)18-9-8-12-4-2-3-5-14(12)18/h6-7,12,14H,2-5,8-10,16H2,1H3. The normalized spacial score (nSPS) is 27.3. The predicted molar refractivity (Wildman–Crippen MR) is 74.6 cm³/mol. The first-order chi connectivity index (χ1) is 8.79. The van der Waals surface area contributed by atoms with Crippen LogP contribution >= 0.6 is 0 Å². The molecule has 0 bridgehead atoms. The van der Waals surface area contributed by atoms with Gasteiger partial charge in [0.05, 0.1) is 0 Å². The molecule has 2 atom stereocenters. The molecule has 1 aromatic rings. The van der Waals surface area contributed by atoms with Crippen LogP contribution in [0, 0.1) is 12.8 Å². The molecule has 98 valence electrons. The average Bonchev–Trinajstić information content (AvgIpc) is 2.82. The van der Waals surface area contributed by atoms with Crippen LogP contribution in [0.25, 0.3) is 0 Å². The number of hydrogen-bond donors (Lipinski definition) is 1. The molecular formula is C15H23N3. The third-order valence-electron chi connectivity index (χ3n) is 4.60. The van der Waals surface area contributed by atoms with Crippen molar-refractivity contribution in [1.82, 2.24) is 4.98 Å². The molecule has 3 nitrogen and oxygen atoms in total. The van der Waals surface area contributed by atoms with E-state index < -0.39 is 0 Å². The van der Waals surface area contributed by atoms with Crippen molar-refractivity contribution in [2.45, 2.75) is 51.6 Å². The largest absolute Gasteiger partial charge is 0.353 e. The molecule has 0 spiro atoms. The first-order valence-electron chi connectivity index (χ1n) is 7.23. The molecule has 1 saturated carbocycles. The van der Waals surface area contributed by atoms with Gasteiger partial charge in [0.2, 0.25) is 0 Å². The second kappa shape index (κ2) is 4.88. The van der Waals surface area contributed by atoms with Gasteiger partial charge >= 0.3 is 0 Å². The molecule has 1 saturated heterocycles. The number of hydrogen-bond acceptors (Lipinski definition) is 3. The van der Waals surface area contributed by atoms with E-state index in [1.165, 1.54) is 44.2 Å². The highest BCUT2D eigenvalue weighted by Gasteiger charge is 2.36. The zero-order valence-electron chi connectivity index (χ0n) is 11.2. The van der Waals surface area contributed by atoms with Crippen molar-refractivity contribution in [3.05, 3.63) is 23.4 Å². The van der Waals surface area contributed by atoms with Crippen molar-refractivity contribution in [3.63, 3.8) is 0 Å². The minimum atomic E-state index is 0.594. The lowest BCUT2D eigenvalue weighted by atomic mass is 9.85. The summed E-state index contributed by atoms with van der Waals surface area (Å²) in [5, 5.41) is 0. The second-order valence-corrected chi connectivity index (χ2v) is 5.73. The van der Waals surface area contributed by atoms with Gasteiger partial charge in [-0.1, -0.05) is 18.9 Å². The van der Waals surface area contributed by atoms with Crippen molar-refractivity contribution >= 4 is 5.82 Å². The average molecular weight is 245 g/mol. The molecule has 3 heteroatoms. The molecule has 0 radical (unpaired) electrons. The van der Waals surface area contributed by atoms with Gasteiger partial charge in [0.25, 0.3) is 0 Å².